The van der Waals surface area contributed by atoms with E-state index in [0.29, 0.717) is 21.8 Å². The number of nitrogens with one attached hydrogen (secondary N) is 1. The van der Waals surface area contributed by atoms with E-state index in [0.717, 1.165) is 11.3 Å². The molecule has 0 aliphatic rings. The number of carbonyl (C=O) groups excluding carboxylic acids is 2. The molecule has 27 heavy (non-hydrogen) atoms. The summed E-state index contributed by atoms with van der Waals surface area (Å²) in [5, 5.41) is 3.42. The lowest BCUT2D eigenvalue weighted by Gasteiger charge is -2.17. The van der Waals surface area contributed by atoms with E-state index in [-0.39, 0.29) is 11.8 Å². The van der Waals surface area contributed by atoms with E-state index in [2.05, 4.69) is 10.3 Å². The number of aryl methyl sites for hydroxylation is 1. The molecular weight excluding hydrogens is 362 g/mol. The maximum atomic E-state index is 12.7. The fourth-order valence-corrected chi connectivity index (χ4v) is 2.83. The molecule has 2 aromatic carbocycles. The Morgan fingerprint density at radius 2 is 1.70 bits per heavy atom. The summed E-state index contributed by atoms with van der Waals surface area (Å²) in [4.78, 5) is 30.8. The van der Waals surface area contributed by atoms with E-state index >= 15 is 0 Å². The molecule has 2 amide bonds. The van der Waals surface area contributed by atoms with Crippen LogP contribution in [0, 0.1) is 6.92 Å². The van der Waals surface area contributed by atoms with Crippen molar-refractivity contribution in [1.82, 2.24) is 4.98 Å². The Balaban J connectivity index is 1.80. The maximum Gasteiger partial charge on any atom is 0.259 e. The summed E-state index contributed by atoms with van der Waals surface area (Å²) in [6.45, 7) is 1.86. The van der Waals surface area contributed by atoms with Crippen molar-refractivity contribution in [2.24, 2.45) is 0 Å². The Bertz CT molecular complexity index is 990. The average molecular weight is 380 g/mol. The van der Waals surface area contributed by atoms with E-state index in [1.807, 2.05) is 37.3 Å². The molecule has 0 radical (unpaired) electrons. The number of rotatable bonds is 4. The first-order chi connectivity index (χ1) is 13.0. The predicted octanol–water partition coefficient (Wildman–Crippen LogP) is 4.57. The standard InChI is InChI=1S/C21H18ClN3O2/c1-14-10-17(22)8-9-19(14)24-20(26)15-11-16(13-23-12-15)21(27)25(2)18-6-4-3-5-7-18/h3-13H,1-2H3,(H,24,26). The number of benzene rings is 2. The molecule has 1 N–H and O–H groups in total. The number of hydrogen-bond acceptors (Lipinski definition) is 3. The van der Waals surface area contributed by atoms with Crippen LogP contribution in [0.25, 0.3) is 0 Å². The van der Waals surface area contributed by atoms with E-state index in [4.69, 9.17) is 11.6 Å². The van der Waals surface area contributed by atoms with Crippen molar-refractivity contribution in [1.29, 1.82) is 0 Å². The number of anilines is 2. The molecule has 0 atom stereocenters. The number of hydrogen-bond donors (Lipinski definition) is 1. The van der Waals surface area contributed by atoms with Gasteiger partial charge in [-0.05, 0) is 48.9 Å². The van der Waals surface area contributed by atoms with Gasteiger partial charge in [-0.2, -0.15) is 0 Å². The number of pyridine rings is 1. The van der Waals surface area contributed by atoms with Crippen LogP contribution in [-0.4, -0.2) is 23.8 Å². The Morgan fingerprint density at radius 3 is 2.41 bits per heavy atom. The van der Waals surface area contributed by atoms with Crippen molar-refractivity contribution in [3.8, 4) is 0 Å². The zero-order valence-electron chi connectivity index (χ0n) is 14.9. The van der Waals surface area contributed by atoms with Gasteiger partial charge in [0, 0.05) is 35.8 Å². The molecule has 0 aliphatic carbocycles. The predicted molar refractivity (Wildman–Crippen MR) is 108 cm³/mol. The first-order valence-electron chi connectivity index (χ1n) is 8.31. The number of aromatic nitrogens is 1. The number of para-hydroxylation sites is 1. The molecule has 0 saturated carbocycles. The van der Waals surface area contributed by atoms with Crippen molar-refractivity contribution in [2.45, 2.75) is 6.92 Å². The Morgan fingerprint density at radius 1 is 1.00 bits per heavy atom. The summed E-state index contributed by atoms with van der Waals surface area (Å²) in [5.41, 5.74) is 2.90. The van der Waals surface area contributed by atoms with Crippen LogP contribution in [0.2, 0.25) is 5.02 Å². The number of carbonyl (C=O) groups is 2. The number of halogens is 1. The van der Waals surface area contributed by atoms with E-state index in [1.54, 1.807) is 25.2 Å². The highest BCUT2D eigenvalue weighted by Gasteiger charge is 2.16. The van der Waals surface area contributed by atoms with E-state index in [1.165, 1.54) is 23.4 Å². The molecule has 0 spiro atoms. The van der Waals surface area contributed by atoms with Crippen molar-refractivity contribution >= 4 is 34.8 Å². The zero-order valence-corrected chi connectivity index (χ0v) is 15.7. The molecule has 3 rings (SSSR count). The summed E-state index contributed by atoms with van der Waals surface area (Å²) < 4.78 is 0. The third-order valence-electron chi connectivity index (χ3n) is 4.13. The molecule has 6 heteroatoms. The van der Waals surface area contributed by atoms with Gasteiger partial charge in [0.1, 0.15) is 0 Å². The topological polar surface area (TPSA) is 62.3 Å². The van der Waals surface area contributed by atoms with Gasteiger partial charge in [0.25, 0.3) is 11.8 Å². The third kappa shape index (κ3) is 4.33. The third-order valence-corrected chi connectivity index (χ3v) is 4.37. The quantitative estimate of drug-likeness (QED) is 0.722. The van der Waals surface area contributed by atoms with Gasteiger partial charge in [0.2, 0.25) is 0 Å². The summed E-state index contributed by atoms with van der Waals surface area (Å²) in [7, 11) is 1.68. The second kappa shape index (κ2) is 8.01. The Labute approximate surface area is 162 Å². The van der Waals surface area contributed by atoms with E-state index < -0.39 is 0 Å². The summed E-state index contributed by atoms with van der Waals surface area (Å²) in [5.74, 6) is -0.587. The lowest BCUT2D eigenvalue weighted by Crippen LogP contribution is -2.26. The van der Waals surface area contributed by atoms with Gasteiger partial charge in [-0.25, -0.2) is 0 Å². The number of nitrogens with zero attached hydrogens (tertiary/aromatic N) is 2. The average Bonchev–Trinajstić information content (AvgIpc) is 2.69. The zero-order chi connectivity index (χ0) is 19.4. The fourth-order valence-electron chi connectivity index (χ4n) is 2.61. The van der Waals surface area contributed by atoms with Crippen LogP contribution in [0.15, 0.2) is 67.0 Å². The molecular formula is C21H18ClN3O2. The lowest BCUT2D eigenvalue weighted by molar-refractivity contribution is 0.0992. The smallest absolute Gasteiger partial charge is 0.259 e. The van der Waals surface area contributed by atoms with Gasteiger partial charge in [0.15, 0.2) is 0 Å². The largest absolute Gasteiger partial charge is 0.322 e. The SMILES string of the molecule is Cc1cc(Cl)ccc1NC(=O)c1cncc(C(=O)N(C)c2ccccc2)c1. The van der Waals surface area contributed by atoms with Crippen molar-refractivity contribution < 1.29 is 9.59 Å². The maximum absolute atomic E-state index is 12.7. The molecule has 0 aliphatic heterocycles. The van der Waals surface area contributed by atoms with Crippen molar-refractivity contribution in [2.75, 3.05) is 17.3 Å². The minimum absolute atomic E-state index is 0.244. The van der Waals surface area contributed by atoms with Crippen LogP contribution in [0.4, 0.5) is 11.4 Å². The van der Waals surface area contributed by atoms with Gasteiger partial charge in [-0.3, -0.25) is 14.6 Å². The first-order valence-corrected chi connectivity index (χ1v) is 8.69. The number of amides is 2. The molecule has 1 heterocycles. The molecule has 0 bridgehead atoms. The highest BCUT2D eigenvalue weighted by Crippen LogP contribution is 2.21. The highest BCUT2D eigenvalue weighted by molar-refractivity contribution is 6.30. The minimum atomic E-state index is -0.343. The van der Waals surface area contributed by atoms with Gasteiger partial charge < -0.3 is 10.2 Å². The van der Waals surface area contributed by atoms with Crippen LogP contribution < -0.4 is 10.2 Å². The van der Waals surface area contributed by atoms with Gasteiger partial charge in [-0.1, -0.05) is 29.8 Å². The Kier molecular flexibility index (Phi) is 5.52. The Hall–Kier alpha value is -3.18. The molecule has 136 valence electrons. The molecule has 0 fully saturated rings. The summed E-state index contributed by atoms with van der Waals surface area (Å²) >= 11 is 5.94. The van der Waals surface area contributed by atoms with Gasteiger partial charge in [0.05, 0.1) is 11.1 Å². The molecule has 0 unspecified atom stereocenters. The summed E-state index contributed by atoms with van der Waals surface area (Å²) in [6.07, 6.45) is 2.88. The lowest BCUT2D eigenvalue weighted by atomic mass is 10.1. The molecule has 5 nitrogen and oxygen atoms in total. The second-order valence-corrected chi connectivity index (χ2v) is 6.51. The van der Waals surface area contributed by atoms with Gasteiger partial charge in [-0.15, -0.1) is 0 Å². The molecule has 3 aromatic rings. The van der Waals surface area contributed by atoms with E-state index in [9.17, 15) is 9.59 Å². The molecule has 0 saturated heterocycles. The first kappa shape index (κ1) is 18.6. The monoisotopic (exact) mass is 379 g/mol. The van der Waals surface area contributed by atoms with Crippen LogP contribution in [-0.2, 0) is 0 Å². The normalized spacial score (nSPS) is 10.3. The van der Waals surface area contributed by atoms with Gasteiger partial charge >= 0.3 is 0 Å². The fraction of sp³-hybridized carbons (Fsp3) is 0.0952. The van der Waals surface area contributed by atoms with Crippen LogP contribution in [0.3, 0.4) is 0 Å². The van der Waals surface area contributed by atoms with Crippen LogP contribution in [0.5, 0.6) is 0 Å². The van der Waals surface area contributed by atoms with Crippen LogP contribution >= 0.6 is 11.6 Å². The van der Waals surface area contributed by atoms with Crippen molar-refractivity contribution in [3.63, 3.8) is 0 Å². The van der Waals surface area contributed by atoms with Crippen molar-refractivity contribution in [3.05, 3.63) is 88.7 Å². The minimum Gasteiger partial charge on any atom is -0.322 e. The highest BCUT2D eigenvalue weighted by atomic mass is 35.5. The van der Waals surface area contributed by atoms with Crippen LogP contribution in [0.1, 0.15) is 26.3 Å². The second-order valence-electron chi connectivity index (χ2n) is 6.08. The summed E-state index contributed by atoms with van der Waals surface area (Å²) in [6, 6.07) is 16.0. The molecule has 1 aromatic heterocycles.